The van der Waals surface area contributed by atoms with Gasteiger partial charge in [0.25, 0.3) is 0 Å². The van der Waals surface area contributed by atoms with Crippen molar-refractivity contribution >= 4 is 35.6 Å². The lowest BCUT2D eigenvalue weighted by molar-refractivity contribution is -0.142. The van der Waals surface area contributed by atoms with E-state index in [1.54, 1.807) is 49.4 Å². The highest BCUT2D eigenvalue weighted by Gasteiger charge is 2.34. The molecule has 0 spiro atoms. The van der Waals surface area contributed by atoms with Gasteiger partial charge in [0.05, 0.1) is 6.04 Å². The second-order valence-corrected chi connectivity index (χ2v) is 12.8. The summed E-state index contributed by atoms with van der Waals surface area (Å²) in [6, 6.07) is 9.41. The average molecular weight is 711 g/mol. The summed E-state index contributed by atoms with van der Waals surface area (Å²) in [5.74, 6) is -4.52. The number of phenolic OH excluding ortho intramolecular Hbond substituents is 1. The molecule has 0 saturated carbocycles. The number of carboxylic acids is 1. The Labute approximate surface area is 299 Å². The van der Waals surface area contributed by atoms with Crippen molar-refractivity contribution < 1.29 is 34.2 Å². The first kappa shape index (κ1) is 42.0. The Bertz CT molecular complexity index is 1470. The number of nitrogens with one attached hydrogen (secondary N) is 4. The molecular weight excluding hydrogens is 656 g/mol. The van der Waals surface area contributed by atoms with E-state index in [1.807, 2.05) is 20.8 Å². The highest BCUT2D eigenvalue weighted by molar-refractivity contribution is 5.95. The van der Waals surface area contributed by atoms with E-state index in [2.05, 4.69) is 26.3 Å². The summed E-state index contributed by atoms with van der Waals surface area (Å²) < 4.78 is 0. The third kappa shape index (κ3) is 14.3. The minimum absolute atomic E-state index is 0.0320. The first-order valence-electron chi connectivity index (χ1n) is 17.2. The van der Waals surface area contributed by atoms with Crippen LogP contribution in [-0.2, 0) is 36.8 Å². The summed E-state index contributed by atoms with van der Waals surface area (Å²) in [5.41, 5.74) is 18.2. The SMILES string of the molecule is CC[C@H](C)[C@H](N)C(=O)N[C@@H](Cc1ccc(O)cc1)C(=O)N[C@H](C(=O)N[C@@H](Cc1ccccc1)C(=O)N[C@@H](CCCN=C(N)N)C(=O)O)[C@@H](C)CC. The lowest BCUT2D eigenvalue weighted by Gasteiger charge is -2.29. The predicted molar refractivity (Wildman–Crippen MR) is 194 cm³/mol. The molecule has 2 aromatic carbocycles. The summed E-state index contributed by atoms with van der Waals surface area (Å²) in [5, 5.41) is 30.3. The molecule has 7 atom stereocenters. The third-order valence-electron chi connectivity index (χ3n) is 8.84. The van der Waals surface area contributed by atoms with Crippen molar-refractivity contribution in [2.24, 2.45) is 34.0 Å². The van der Waals surface area contributed by atoms with Crippen molar-refractivity contribution in [3.63, 3.8) is 0 Å². The number of guanidine groups is 1. The number of aliphatic carboxylic acids is 1. The standard InChI is InChI=1S/C36H54N8O7/c1-5-21(3)29(37)33(48)42-28(20-24-14-16-25(45)17-15-24)32(47)44-30(22(4)6-2)34(49)43-27(19-23-11-8-7-9-12-23)31(46)41-26(35(50)51)13-10-18-40-36(38)39/h7-9,11-12,14-17,21-22,26-30,45H,5-6,10,13,18-20,37H2,1-4H3,(H,41,46)(H,42,48)(H,43,49)(H,44,47)(H,50,51)(H4,38,39,40)/t21-,22-,26-,27-,28-,29-,30-/m0/s1. The summed E-state index contributed by atoms with van der Waals surface area (Å²) in [6.07, 6.45) is 1.49. The van der Waals surface area contributed by atoms with Gasteiger partial charge in [-0.1, -0.05) is 83.0 Å². The van der Waals surface area contributed by atoms with Crippen LogP contribution >= 0.6 is 0 Å². The maximum Gasteiger partial charge on any atom is 0.326 e. The van der Waals surface area contributed by atoms with Gasteiger partial charge in [-0.05, 0) is 47.9 Å². The van der Waals surface area contributed by atoms with E-state index in [4.69, 9.17) is 17.2 Å². The number of aromatic hydroxyl groups is 1. The van der Waals surface area contributed by atoms with Crippen molar-refractivity contribution in [3.05, 3.63) is 65.7 Å². The van der Waals surface area contributed by atoms with Gasteiger partial charge in [0.15, 0.2) is 5.96 Å². The topological polar surface area (TPSA) is 264 Å². The largest absolute Gasteiger partial charge is 0.508 e. The molecule has 0 aliphatic carbocycles. The molecular formula is C36H54N8O7. The van der Waals surface area contributed by atoms with Crippen molar-refractivity contribution in [1.82, 2.24) is 21.3 Å². The van der Waals surface area contributed by atoms with Crippen molar-refractivity contribution in [3.8, 4) is 5.75 Å². The zero-order valence-corrected chi connectivity index (χ0v) is 29.8. The van der Waals surface area contributed by atoms with Crippen molar-refractivity contribution in [2.75, 3.05) is 6.54 Å². The van der Waals surface area contributed by atoms with Crippen LogP contribution in [0.3, 0.4) is 0 Å². The Morgan fingerprint density at radius 2 is 1.22 bits per heavy atom. The molecule has 2 rings (SSSR count). The molecule has 0 radical (unpaired) electrons. The Kier molecular flexibility index (Phi) is 17.4. The number of phenols is 1. The lowest BCUT2D eigenvalue weighted by Crippen LogP contribution is -2.60. The number of amides is 4. The van der Waals surface area contributed by atoms with Gasteiger partial charge in [-0.3, -0.25) is 24.2 Å². The zero-order valence-electron chi connectivity index (χ0n) is 29.8. The number of hydrogen-bond donors (Lipinski definition) is 9. The third-order valence-corrected chi connectivity index (χ3v) is 8.84. The van der Waals surface area contributed by atoms with Crippen LogP contribution in [0.15, 0.2) is 59.6 Å². The van der Waals surface area contributed by atoms with Crippen LogP contribution in [-0.4, -0.2) is 82.5 Å². The molecule has 15 heteroatoms. The van der Waals surface area contributed by atoms with Crippen LogP contribution in [0.1, 0.15) is 64.5 Å². The van der Waals surface area contributed by atoms with Crippen LogP contribution in [0, 0.1) is 11.8 Å². The molecule has 280 valence electrons. The molecule has 4 amide bonds. The number of nitrogens with two attached hydrogens (primary N) is 3. The number of aliphatic imine (C=N–C) groups is 1. The summed E-state index contributed by atoms with van der Waals surface area (Å²) in [6.45, 7) is 7.50. The van der Waals surface area contributed by atoms with Gasteiger partial charge in [0.1, 0.15) is 29.9 Å². The van der Waals surface area contributed by atoms with Gasteiger partial charge in [-0.2, -0.15) is 0 Å². The molecule has 0 bridgehead atoms. The van der Waals surface area contributed by atoms with E-state index in [9.17, 15) is 34.2 Å². The van der Waals surface area contributed by atoms with E-state index in [-0.39, 0.29) is 49.9 Å². The summed E-state index contributed by atoms with van der Waals surface area (Å²) in [4.78, 5) is 70.4. The van der Waals surface area contributed by atoms with Gasteiger partial charge in [-0.15, -0.1) is 0 Å². The quantitative estimate of drug-likeness (QED) is 0.0497. The predicted octanol–water partition coefficient (Wildman–Crippen LogP) is 0.674. The van der Waals surface area contributed by atoms with E-state index < -0.39 is 65.7 Å². The molecule has 0 saturated heterocycles. The highest BCUT2D eigenvalue weighted by atomic mass is 16.4. The van der Waals surface area contributed by atoms with Gasteiger partial charge >= 0.3 is 5.97 Å². The molecule has 0 heterocycles. The molecule has 51 heavy (non-hydrogen) atoms. The number of nitrogens with zero attached hydrogens (tertiary/aromatic N) is 1. The van der Waals surface area contributed by atoms with Crippen LogP contribution in [0.5, 0.6) is 5.75 Å². The van der Waals surface area contributed by atoms with Crippen molar-refractivity contribution in [1.29, 1.82) is 0 Å². The van der Waals surface area contributed by atoms with Crippen LogP contribution in [0.25, 0.3) is 0 Å². The maximum atomic E-state index is 14.0. The molecule has 12 N–H and O–H groups in total. The maximum absolute atomic E-state index is 14.0. The van der Waals surface area contributed by atoms with E-state index in [0.29, 0.717) is 24.0 Å². The first-order chi connectivity index (χ1) is 24.2. The Morgan fingerprint density at radius 1 is 0.706 bits per heavy atom. The number of rotatable bonds is 21. The van der Waals surface area contributed by atoms with E-state index in [0.717, 1.165) is 0 Å². The van der Waals surface area contributed by atoms with Gasteiger partial charge in [-0.25, -0.2) is 4.79 Å². The van der Waals surface area contributed by atoms with Crippen LogP contribution in [0.2, 0.25) is 0 Å². The average Bonchev–Trinajstić information content (AvgIpc) is 3.10. The fourth-order valence-electron chi connectivity index (χ4n) is 5.17. The van der Waals surface area contributed by atoms with Crippen molar-refractivity contribution in [2.45, 2.75) is 96.4 Å². The highest BCUT2D eigenvalue weighted by Crippen LogP contribution is 2.15. The number of benzene rings is 2. The fourth-order valence-corrected chi connectivity index (χ4v) is 5.17. The van der Waals surface area contributed by atoms with E-state index in [1.165, 1.54) is 12.1 Å². The Hall–Kier alpha value is -5.18. The van der Waals surface area contributed by atoms with Crippen LogP contribution in [0.4, 0.5) is 0 Å². The second-order valence-electron chi connectivity index (χ2n) is 12.8. The lowest BCUT2D eigenvalue weighted by atomic mass is 9.95. The molecule has 0 fully saturated rings. The molecule has 0 aliphatic heterocycles. The number of carboxylic acid groups (broad SMARTS) is 1. The second kappa shape index (κ2) is 21.1. The number of hydrogen-bond acceptors (Lipinski definition) is 8. The smallest absolute Gasteiger partial charge is 0.326 e. The van der Waals surface area contributed by atoms with Gasteiger partial charge in [0, 0.05) is 19.4 Å². The Morgan fingerprint density at radius 3 is 1.75 bits per heavy atom. The number of carbonyl (C=O) groups is 5. The molecule has 0 aliphatic rings. The summed E-state index contributed by atoms with van der Waals surface area (Å²) >= 11 is 0. The van der Waals surface area contributed by atoms with E-state index >= 15 is 0 Å². The molecule has 0 aromatic heterocycles. The minimum Gasteiger partial charge on any atom is -0.508 e. The first-order valence-corrected chi connectivity index (χ1v) is 17.2. The molecule has 0 unspecified atom stereocenters. The molecule has 2 aromatic rings. The summed E-state index contributed by atoms with van der Waals surface area (Å²) in [7, 11) is 0. The van der Waals surface area contributed by atoms with Gasteiger partial charge < -0.3 is 48.7 Å². The van der Waals surface area contributed by atoms with Crippen LogP contribution < -0.4 is 38.5 Å². The minimum atomic E-state index is -1.28. The zero-order chi connectivity index (χ0) is 38.1. The number of carbonyl (C=O) groups excluding carboxylic acids is 4. The Balaban J connectivity index is 2.35. The normalized spacial score (nSPS) is 15.1. The fraction of sp³-hybridized carbons (Fsp3) is 0.500. The monoisotopic (exact) mass is 710 g/mol. The van der Waals surface area contributed by atoms with Gasteiger partial charge in [0.2, 0.25) is 23.6 Å². The molecule has 15 nitrogen and oxygen atoms in total.